The van der Waals surface area contributed by atoms with E-state index in [1.165, 1.54) is 15.6 Å². The number of amides is 1. The van der Waals surface area contributed by atoms with Gasteiger partial charge in [-0.05, 0) is 46.5 Å². The fraction of sp³-hybridized carbons (Fsp3) is 0.320. The molecule has 2 fully saturated rings. The minimum absolute atomic E-state index is 0.0698. The van der Waals surface area contributed by atoms with Crippen molar-refractivity contribution < 1.29 is 23.1 Å². The van der Waals surface area contributed by atoms with Crippen LogP contribution in [-0.4, -0.2) is 33.5 Å². The molecule has 1 aromatic carbocycles. The summed E-state index contributed by atoms with van der Waals surface area (Å²) in [5.74, 6) is -4.92. The van der Waals surface area contributed by atoms with E-state index in [-0.39, 0.29) is 37.5 Å². The molecule has 1 saturated heterocycles. The smallest absolute Gasteiger partial charge is 0.251 e. The summed E-state index contributed by atoms with van der Waals surface area (Å²) < 4.78 is 33.3. The van der Waals surface area contributed by atoms with E-state index in [9.17, 15) is 18.4 Å². The molecule has 1 saturated carbocycles. The Labute approximate surface area is 215 Å². The molecule has 182 valence electrons. The van der Waals surface area contributed by atoms with Crippen molar-refractivity contribution >= 4 is 47.4 Å². The van der Waals surface area contributed by atoms with E-state index in [4.69, 9.17) is 16.3 Å². The van der Waals surface area contributed by atoms with Crippen LogP contribution >= 0.6 is 35.8 Å². The van der Waals surface area contributed by atoms with Gasteiger partial charge in [-0.25, -0.2) is 13.8 Å². The van der Waals surface area contributed by atoms with E-state index in [2.05, 4.69) is 17.8 Å². The van der Waals surface area contributed by atoms with Crippen LogP contribution in [0.4, 0.5) is 8.78 Å². The number of ketones is 1. The minimum Gasteiger partial charge on any atom is -0.478 e. The maximum atomic E-state index is 13.6. The summed E-state index contributed by atoms with van der Waals surface area (Å²) in [6.45, 7) is 0.0964. The Morgan fingerprint density at radius 3 is 2.63 bits per heavy atom. The van der Waals surface area contributed by atoms with Crippen LogP contribution in [0.5, 0.6) is 5.88 Å². The summed E-state index contributed by atoms with van der Waals surface area (Å²) in [7, 11) is 0. The van der Waals surface area contributed by atoms with Crippen LogP contribution in [-0.2, 0) is 15.1 Å². The van der Waals surface area contributed by atoms with E-state index < -0.39 is 29.2 Å². The number of pyridine rings is 1. The SMILES string of the molecule is O=C1CC(c2ccsc2)(c2cccc(OCCC3CC3(F)F)n2)N(S)C(=O)C1c1ccccc1Cl. The van der Waals surface area contributed by atoms with E-state index in [0.29, 0.717) is 21.8 Å². The molecule has 3 atom stereocenters. The Hall–Kier alpha value is -2.49. The zero-order valence-corrected chi connectivity index (χ0v) is 20.8. The van der Waals surface area contributed by atoms with Crippen LogP contribution in [0.3, 0.4) is 0 Å². The average molecular weight is 535 g/mol. The molecule has 0 bridgehead atoms. The van der Waals surface area contributed by atoms with Crippen LogP contribution in [0, 0.1) is 5.92 Å². The lowest BCUT2D eigenvalue weighted by Crippen LogP contribution is -2.54. The second kappa shape index (κ2) is 9.19. The molecule has 3 unspecified atom stereocenters. The first-order valence-corrected chi connectivity index (χ1v) is 12.8. The highest BCUT2D eigenvalue weighted by atomic mass is 35.5. The van der Waals surface area contributed by atoms with Gasteiger partial charge in [0.25, 0.3) is 5.92 Å². The number of benzene rings is 1. The summed E-state index contributed by atoms with van der Waals surface area (Å²) in [6.07, 6.45) is 0.0416. The van der Waals surface area contributed by atoms with Crippen LogP contribution in [0.1, 0.15) is 42.0 Å². The molecule has 0 N–H and O–H groups in total. The van der Waals surface area contributed by atoms with Gasteiger partial charge in [0, 0.05) is 29.8 Å². The summed E-state index contributed by atoms with van der Waals surface area (Å²) in [4.78, 5) is 31.7. The third-order valence-corrected chi connectivity index (χ3v) is 8.17. The van der Waals surface area contributed by atoms with Gasteiger partial charge in [0.05, 0.1) is 12.3 Å². The van der Waals surface area contributed by atoms with Crippen LogP contribution in [0.15, 0.2) is 59.3 Å². The van der Waals surface area contributed by atoms with Crippen molar-refractivity contribution in [1.82, 2.24) is 9.29 Å². The highest BCUT2D eigenvalue weighted by molar-refractivity contribution is 7.78. The molecular formula is C25H21ClF2N2O3S2. The molecular weight excluding hydrogens is 514 g/mol. The second-order valence-corrected chi connectivity index (χ2v) is 10.4. The third kappa shape index (κ3) is 4.34. The third-order valence-electron chi connectivity index (χ3n) is 6.60. The quantitative estimate of drug-likeness (QED) is 0.303. The van der Waals surface area contributed by atoms with Crippen LogP contribution in [0.25, 0.3) is 0 Å². The number of ether oxygens (including phenoxy) is 1. The summed E-state index contributed by atoms with van der Waals surface area (Å²) >= 11 is 12.3. The van der Waals surface area contributed by atoms with Gasteiger partial charge in [-0.2, -0.15) is 11.3 Å². The maximum absolute atomic E-state index is 13.6. The first-order chi connectivity index (χ1) is 16.7. The number of hydrogen-bond acceptors (Lipinski definition) is 6. The highest BCUT2D eigenvalue weighted by Gasteiger charge is 2.56. The number of rotatable bonds is 7. The molecule has 0 radical (unpaired) electrons. The Bertz CT molecular complexity index is 1270. The van der Waals surface area contributed by atoms with Crippen LogP contribution < -0.4 is 4.74 Å². The molecule has 5 rings (SSSR count). The fourth-order valence-electron chi connectivity index (χ4n) is 4.58. The maximum Gasteiger partial charge on any atom is 0.251 e. The normalized spacial score (nSPS) is 25.5. The van der Waals surface area contributed by atoms with Gasteiger partial charge in [-0.15, -0.1) is 0 Å². The van der Waals surface area contributed by atoms with Crippen molar-refractivity contribution in [2.45, 2.75) is 36.6 Å². The molecule has 3 heterocycles. The molecule has 1 amide bonds. The molecule has 10 heteroatoms. The number of carbonyl (C=O) groups is 2. The molecule has 3 aromatic rings. The van der Waals surface area contributed by atoms with Crippen molar-refractivity contribution in [1.29, 1.82) is 0 Å². The summed E-state index contributed by atoms with van der Waals surface area (Å²) in [5, 5.41) is 4.03. The first-order valence-electron chi connectivity index (χ1n) is 11.0. The summed E-state index contributed by atoms with van der Waals surface area (Å²) in [6, 6.07) is 13.6. The predicted octanol–water partition coefficient (Wildman–Crippen LogP) is 5.89. The van der Waals surface area contributed by atoms with Crippen molar-refractivity contribution in [2.24, 2.45) is 5.92 Å². The number of nitrogens with zero attached hydrogens (tertiary/aromatic N) is 2. The number of carbonyl (C=O) groups excluding carboxylic acids is 2. The molecule has 2 aliphatic rings. The van der Waals surface area contributed by atoms with Gasteiger partial charge >= 0.3 is 0 Å². The van der Waals surface area contributed by atoms with Crippen LogP contribution in [0.2, 0.25) is 5.02 Å². The number of Topliss-reactive ketones (excluding diaryl/α,β-unsaturated/α-hetero) is 1. The number of thiol groups is 1. The molecule has 1 aliphatic heterocycles. The average Bonchev–Trinajstić information content (AvgIpc) is 3.20. The van der Waals surface area contributed by atoms with Gasteiger partial charge in [0.15, 0.2) is 5.78 Å². The number of aromatic nitrogens is 1. The monoisotopic (exact) mass is 534 g/mol. The van der Waals surface area contributed by atoms with E-state index in [1.54, 1.807) is 42.5 Å². The van der Waals surface area contributed by atoms with E-state index in [0.717, 1.165) is 0 Å². The largest absolute Gasteiger partial charge is 0.478 e. The summed E-state index contributed by atoms with van der Waals surface area (Å²) in [5.41, 5.74) is 0.264. The minimum atomic E-state index is -2.60. The standard InChI is InChI=1S/C25H21ClF2N2O3S2/c26-18-5-2-1-4-17(18)22-19(31)13-24(30(34)23(22)32,16-9-11-35-14-16)20-6-3-7-21(29-20)33-10-8-15-12-25(15,27)28/h1-7,9,11,14-15,22,34H,8,10,12-13H2. The lowest BCUT2D eigenvalue weighted by Gasteiger charge is -2.45. The van der Waals surface area contributed by atoms with Crippen molar-refractivity contribution in [3.63, 3.8) is 0 Å². The topological polar surface area (TPSA) is 59.5 Å². The molecule has 5 nitrogen and oxygen atoms in total. The first kappa shape index (κ1) is 24.2. The van der Waals surface area contributed by atoms with Crippen molar-refractivity contribution in [3.8, 4) is 5.88 Å². The number of halogens is 3. The van der Waals surface area contributed by atoms with Gasteiger partial charge in [0.2, 0.25) is 11.8 Å². The van der Waals surface area contributed by atoms with E-state index >= 15 is 0 Å². The van der Waals surface area contributed by atoms with E-state index in [1.807, 2.05) is 16.8 Å². The molecule has 2 aromatic heterocycles. The molecule has 0 spiro atoms. The lowest BCUT2D eigenvalue weighted by atomic mass is 9.75. The lowest BCUT2D eigenvalue weighted by molar-refractivity contribution is -0.142. The van der Waals surface area contributed by atoms with Gasteiger partial charge < -0.3 is 4.74 Å². The fourth-order valence-corrected chi connectivity index (χ4v) is 5.95. The van der Waals surface area contributed by atoms with Gasteiger partial charge in [0.1, 0.15) is 11.5 Å². The van der Waals surface area contributed by atoms with Crippen molar-refractivity contribution in [3.05, 3.63) is 81.1 Å². The number of hydrogen-bond donors (Lipinski definition) is 1. The Balaban J connectivity index is 1.48. The Kier molecular flexibility index (Phi) is 6.35. The number of alkyl halides is 2. The number of piperidine rings is 1. The van der Waals surface area contributed by atoms with Gasteiger partial charge in [-0.3, -0.25) is 13.9 Å². The molecule has 1 aliphatic carbocycles. The zero-order valence-electron chi connectivity index (χ0n) is 18.4. The molecule has 35 heavy (non-hydrogen) atoms. The Morgan fingerprint density at radius 2 is 1.94 bits per heavy atom. The van der Waals surface area contributed by atoms with Gasteiger partial charge in [-0.1, -0.05) is 48.7 Å². The number of thiophene rings is 1. The predicted molar refractivity (Wildman–Crippen MR) is 132 cm³/mol. The van der Waals surface area contributed by atoms with Crippen molar-refractivity contribution in [2.75, 3.05) is 6.61 Å². The Morgan fingerprint density at radius 1 is 1.17 bits per heavy atom. The zero-order chi connectivity index (χ0) is 24.8. The second-order valence-electron chi connectivity index (χ2n) is 8.78. The highest BCUT2D eigenvalue weighted by Crippen LogP contribution is 2.51.